The molecule has 0 unspecified atom stereocenters. The molecule has 0 aliphatic carbocycles. The molecule has 4 aromatic carbocycles. The average molecular weight is 635 g/mol. The van der Waals surface area contributed by atoms with Crippen LogP contribution in [0.2, 0.25) is 0 Å². The van der Waals surface area contributed by atoms with Gasteiger partial charge in [0.05, 0.1) is 24.2 Å². The van der Waals surface area contributed by atoms with E-state index in [4.69, 9.17) is 9.47 Å². The highest BCUT2D eigenvalue weighted by Crippen LogP contribution is 2.32. The first-order valence-electron chi connectivity index (χ1n) is 12.0. The Balaban J connectivity index is 1.54. The summed E-state index contributed by atoms with van der Waals surface area (Å²) in [5, 5.41) is 16.1. The number of nitriles is 1. The fourth-order valence-electron chi connectivity index (χ4n) is 3.58. The fraction of sp³-hybridized carbons (Fsp3) is 0.0690. The highest BCUT2D eigenvalue weighted by molar-refractivity contribution is 9.10. The minimum absolute atomic E-state index is 0.0871. The van der Waals surface area contributed by atoms with Gasteiger partial charge < -0.3 is 14.8 Å². The van der Waals surface area contributed by atoms with Gasteiger partial charge in [0.25, 0.3) is 15.9 Å². The number of rotatable bonds is 10. The van der Waals surface area contributed by atoms with E-state index in [1.165, 1.54) is 25.3 Å². The van der Waals surface area contributed by atoms with Gasteiger partial charge >= 0.3 is 0 Å². The predicted molar refractivity (Wildman–Crippen MR) is 161 cm³/mol. The van der Waals surface area contributed by atoms with E-state index in [0.717, 1.165) is 5.56 Å². The van der Waals surface area contributed by atoms with Gasteiger partial charge in [-0.15, -0.1) is 0 Å². The molecule has 0 spiro atoms. The lowest BCUT2D eigenvalue weighted by atomic mass is 10.2. The molecule has 0 aliphatic heterocycles. The number of halogens is 1. The molecule has 0 aromatic heterocycles. The molecule has 4 aromatic rings. The Labute approximate surface area is 245 Å². The molecule has 12 heteroatoms. The minimum Gasteiger partial charge on any atom is -0.495 e. The Morgan fingerprint density at radius 1 is 0.927 bits per heavy atom. The number of hydrazone groups is 1. The Morgan fingerprint density at radius 2 is 1.66 bits per heavy atom. The number of ether oxygens (including phenoxy) is 2. The summed E-state index contributed by atoms with van der Waals surface area (Å²) in [5.74, 6) is 0.232. The zero-order valence-corrected chi connectivity index (χ0v) is 24.3. The second kappa shape index (κ2) is 13.0. The van der Waals surface area contributed by atoms with Gasteiger partial charge in [0.15, 0.2) is 5.75 Å². The van der Waals surface area contributed by atoms with Crippen molar-refractivity contribution >= 4 is 54.6 Å². The summed E-state index contributed by atoms with van der Waals surface area (Å²) in [6.45, 7) is 1.84. The van der Waals surface area contributed by atoms with Crippen LogP contribution < -0.4 is 24.9 Å². The van der Waals surface area contributed by atoms with Gasteiger partial charge in [-0.3, -0.25) is 14.9 Å². The molecule has 0 bridgehead atoms. The predicted octanol–water partition coefficient (Wildman–Crippen LogP) is 6.29. The van der Waals surface area contributed by atoms with Crippen LogP contribution in [-0.2, 0) is 14.8 Å². The molecule has 0 saturated heterocycles. The van der Waals surface area contributed by atoms with Crippen molar-refractivity contribution in [2.24, 2.45) is 5.10 Å². The van der Waals surface area contributed by atoms with Crippen LogP contribution in [0.15, 0.2) is 105 Å². The molecule has 0 heterocycles. The van der Waals surface area contributed by atoms with Crippen LogP contribution >= 0.6 is 15.9 Å². The zero-order valence-electron chi connectivity index (χ0n) is 21.9. The number of hydrogen-bond acceptors (Lipinski definition) is 8. The molecule has 3 N–H and O–H groups in total. The topological polar surface area (TPSA) is 142 Å². The van der Waals surface area contributed by atoms with E-state index in [0.29, 0.717) is 27.3 Å². The molecule has 0 radical (unpaired) electrons. The quantitative estimate of drug-likeness (QED) is 0.138. The van der Waals surface area contributed by atoms with Crippen LogP contribution in [0.25, 0.3) is 0 Å². The van der Waals surface area contributed by atoms with Crippen molar-refractivity contribution in [3.63, 3.8) is 0 Å². The molecule has 0 saturated carbocycles. The second-order valence-corrected chi connectivity index (χ2v) is 11.0. The minimum atomic E-state index is -4.10. The maximum atomic E-state index is 13.3. The van der Waals surface area contributed by atoms with Gasteiger partial charge in [-0.2, -0.15) is 10.4 Å². The fourth-order valence-corrected chi connectivity index (χ4v) is 5.32. The SMILES string of the molecule is COc1ccc(N/N=C(\C#N)C(=O)Nc2ccccc2Oc2ccccc2)cc1S(=O)(=O)Nc1cc(C)ccc1Br. The number of amides is 1. The molecule has 0 atom stereocenters. The second-order valence-electron chi connectivity index (χ2n) is 8.50. The first-order chi connectivity index (χ1) is 19.7. The van der Waals surface area contributed by atoms with Crippen LogP contribution in [0, 0.1) is 18.3 Å². The van der Waals surface area contributed by atoms with Crippen molar-refractivity contribution in [2.75, 3.05) is 22.6 Å². The number of nitrogens with one attached hydrogen (secondary N) is 3. The Kier molecular flexibility index (Phi) is 9.23. The van der Waals surface area contributed by atoms with Crippen LogP contribution in [-0.4, -0.2) is 27.1 Å². The lowest BCUT2D eigenvalue weighted by Gasteiger charge is -2.14. The summed E-state index contributed by atoms with van der Waals surface area (Å²) in [5.41, 5.74) is 3.82. The lowest BCUT2D eigenvalue weighted by Crippen LogP contribution is -2.23. The largest absolute Gasteiger partial charge is 0.495 e. The van der Waals surface area contributed by atoms with E-state index < -0.39 is 21.6 Å². The zero-order chi connectivity index (χ0) is 29.4. The summed E-state index contributed by atoms with van der Waals surface area (Å²) in [7, 11) is -2.75. The van der Waals surface area contributed by atoms with Crippen molar-refractivity contribution in [2.45, 2.75) is 11.8 Å². The Hall–Kier alpha value is -4.86. The van der Waals surface area contributed by atoms with Gasteiger partial charge in [-0.05, 0) is 83.0 Å². The van der Waals surface area contributed by atoms with Crippen LogP contribution in [0.1, 0.15) is 5.56 Å². The van der Waals surface area contributed by atoms with E-state index in [9.17, 15) is 18.5 Å². The number of sulfonamides is 1. The number of anilines is 3. The van der Waals surface area contributed by atoms with Crippen LogP contribution in [0.5, 0.6) is 17.2 Å². The third-order valence-corrected chi connectivity index (χ3v) is 7.62. The van der Waals surface area contributed by atoms with E-state index in [1.54, 1.807) is 54.6 Å². The van der Waals surface area contributed by atoms with Gasteiger partial charge in [-0.25, -0.2) is 8.42 Å². The van der Waals surface area contributed by atoms with Crippen molar-refractivity contribution in [1.29, 1.82) is 5.26 Å². The molecular weight excluding hydrogens is 610 g/mol. The van der Waals surface area contributed by atoms with Crippen molar-refractivity contribution in [3.8, 4) is 23.3 Å². The number of carbonyl (C=O) groups is 1. The van der Waals surface area contributed by atoms with Gasteiger partial charge in [-0.1, -0.05) is 36.4 Å². The third-order valence-electron chi connectivity index (χ3n) is 5.54. The maximum absolute atomic E-state index is 13.3. The lowest BCUT2D eigenvalue weighted by molar-refractivity contribution is -0.110. The smallest absolute Gasteiger partial charge is 0.287 e. The standard InChI is InChI=1S/C29H24BrN5O5S/c1-19-12-14-22(30)24(16-19)35-41(37,38)28-17-20(13-15-27(28)39-2)33-34-25(18-31)29(36)32-23-10-6-7-11-26(23)40-21-8-4-3-5-9-21/h3-17,33,35H,1-2H3,(H,32,36)/b34-25+. The number of carbonyl (C=O) groups excluding carboxylic acids is 1. The van der Waals surface area contributed by atoms with E-state index in [2.05, 4.69) is 36.5 Å². The number of aryl methyl sites for hydroxylation is 1. The summed E-state index contributed by atoms with van der Waals surface area (Å²) in [6.07, 6.45) is 0. The number of hydrogen-bond donors (Lipinski definition) is 3. The molecule has 4 rings (SSSR count). The maximum Gasteiger partial charge on any atom is 0.287 e. The number of benzene rings is 4. The van der Waals surface area contributed by atoms with Crippen LogP contribution in [0.4, 0.5) is 17.1 Å². The van der Waals surface area contributed by atoms with Crippen molar-refractivity contribution < 1.29 is 22.7 Å². The van der Waals surface area contributed by atoms with Gasteiger partial charge in [0.2, 0.25) is 5.71 Å². The third kappa shape index (κ3) is 7.42. The van der Waals surface area contributed by atoms with Gasteiger partial charge in [0, 0.05) is 4.47 Å². The summed E-state index contributed by atoms with van der Waals surface area (Å²) < 4.78 is 40.7. The first-order valence-corrected chi connectivity index (χ1v) is 14.3. The molecule has 10 nitrogen and oxygen atoms in total. The van der Waals surface area contributed by atoms with Crippen molar-refractivity contribution in [3.05, 3.63) is 101 Å². The van der Waals surface area contributed by atoms with Crippen molar-refractivity contribution in [1.82, 2.24) is 0 Å². The number of para-hydroxylation sites is 3. The molecular formula is C29H24BrN5O5S. The molecule has 0 aliphatic rings. The number of methoxy groups -OCH3 is 1. The van der Waals surface area contributed by atoms with E-state index >= 15 is 0 Å². The summed E-state index contributed by atoms with van der Waals surface area (Å²) in [6, 6.07) is 27.0. The van der Waals surface area contributed by atoms with E-state index in [-0.39, 0.29) is 16.3 Å². The summed E-state index contributed by atoms with van der Waals surface area (Å²) in [4.78, 5) is 12.7. The monoisotopic (exact) mass is 633 g/mol. The highest BCUT2D eigenvalue weighted by atomic mass is 79.9. The number of nitrogens with zero attached hydrogens (tertiary/aromatic N) is 2. The molecule has 208 valence electrons. The molecule has 0 fully saturated rings. The van der Waals surface area contributed by atoms with Crippen LogP contribution in [0.3, 0.4) is 0 Å². The normalized spacial score (nSPS) is 11.2. The Morgan fingerprint density at radius 3 is 2.39 bits per heavy atom. The first kappa shape index (κ1) is 29.1. The Bertz CT molecular complexity index is 1760. The van der Waals surface area contributed by atoms with E-state index in [1.807, 2.05) is 31.2 Å². The summed E-state index contributed by atoms with van der Waals surface area (Å²) >= 11 is 3.35. The highest BCUT2D eigenvalue weighted by Gasteiger charge is 2.22. The van der Waals surface area contributed by atoms with Gasteiger partial charge in [0.1, 0.15) is 22.5 Å². The molecule has 1 amide bonds. The molecule has 41 heavy (non-hydrogen) atoms. The average Bonchev–Trinajstić information content (AvgIpc) is 2.96.